The zero-order valence-electron chi connectivity index (χ0n) is 14.3. The third-order valence-corrected chi connectivity index (χ3v) is 4.58. The van der Waals surface area contributed by atoms with Gasteiger partial charge in [-0.25, -0.2) is 14.8 Å². The highest BCUT2D eigenvalue weighted by atomic mass is 35.5. The minimum absolute atomic E-state index is 0.146. The molecular formula is C19H22ClN3O2. The van der Waals surface area contributed by atoms with Crippen LogP contribution in [0.25, 0.3) is 0 Å². The Morgan fingerprint density at radius 1 is 1.24 bits per heavy atom. The first-order valence-corrected chi connectivity index (χ1v) is 9.00. The molecule has 0 amide bonds. The number of aromatic nitrogens is 2. The molecule has 5 nitrogen and oxygen atoms in total. The fraction of sp³-hybridized carbons (Fsp3) is 0.421. The maximum Gasteiger partial charge on any atom is 0.358 e. The van der Waals surface area contributed by atoms with Gasteiger partial charge in [0, 0.05) is 12.5 Å². The second-order valence-electron chi connectivity index (χ2n) is 6.23. The summed E-state index contributed by atoms with van der Waals surface area (Å²) < 4.78 is 4.78. The molecule has 1 aromatic carbocycles. The van der Waals surface area contributed by atoms with Gasteiger partial charge in [0.1, 0.15) is 16.7 Å². The molecule has 1 heterocycles. The van der Waals surface area contributed by atoms with Crippen LogP contribution in [0.2, 0.25) is 5.02 Å². The summed E-state index contributed by atoms with van der Waals surface area (Å²) in [4.78, 5) is 20.7. The van der Waals surface area contributed by atoms with Gasteiger partial charge in [-0.15, -0.1) is 0 Å². The summed E-state index contributed by atoms with van der Waals surface area (Å²) in [5, 5.41) is 3.49. The molecule has 1 N–H and O–H groups in total. The highest BCUT2D eigenvalue weighted by Crippen LogP contribution is 2.39. The zero-order valence-corrected chi connectivity index (χ0v) is 15.1. The SMILES string of the molecule is COC(=O)c1nc(C2CC2)nc(NCCCCc2ccccc2)c1Cl. The predicted molar refractivity (Wildman–Crippen MR) is 98.2 cm³/mol. The van der Waals surface area contributed by atoms with Crippen LogP contribution < -0.4 is 5.32 Å². The van der Waals surface area contributed by atoms with E-state index >= 15 is 0 Å². The van der Waals surface area contributed by atoms with Crippen LogP contribution in [0.1, 0.15) is 53.5 Å². The highest BCUT2D eigenvalue weighted by molar-refractivity contribution is 6.35. The van der Waals surface area contributed by atoms with Crippen molar-refractivity contribution in [2.75, 3.05) is 19.0 Å². The lowest BCUT2D eigenvalue weighted by atomic mass is 10.1. The zero-order chi connectivity index (χ0) is 17.6. The molecule has 6 heteroatoms. The van der Waals surface area contributed by atoms with E-state index in [0.717, 1.165) is 38.6 Å². The molecule has 1 fully saturated rings. The van der Waals surface area contributed by atoms with E-state index in [1.165, 1.54) is 12.7 Å². The second kappa shape index (κ2) is 8.30. The average Bonchev–Trinajstić information content (AvgIpc) is 3.48. The molecule has 0 spiro atoms. The topological polar surface area (TPSA) is 64.1 Å². The first-order valence-electron chi connectivity index (χ1n) is 8.62. The minimum Gasteiger partial charge on any atom is -0.464 e. The lowest BCUT2D eigenvalue weighted by Crippen LogP contribution is -2.13. The Morgan fingerprint density at radius 2 is 2.00 bits per heavy atom. The molecule has 0 radical (unpaired) electrons. The maximum atomic E-state index is 11.9. The molecule has 0 atom stereocenters. The molecule has 132 valence electrons. The number of hydrogen-bond donors (Lipinski definition) is 1. The molecule has 1 aliphatic carbocycles. The largest absolute Gasteiger partial charge is 0.464 e. The lowest BCUT2D eigenvalue weighted by Gasteiger charge is -2.11. The van der Waals surface area contributed by atoms with Crippen molar-refractivity contribution in [3.8, 4) is 0 Å². The first-order chi connectivity index (χ1) is 12.2. The number of aryl methyl sites for hydroxylation is 1. The van der Waals surface area contributed by atoms with Crippen LogP contribution in [0.15, 0.2) is 30.3 Å². The lowest BCUT2D eigenvalue weighted by molar-refractivity contribution is 0.0593. The average molecular weight is 360 g/mol. The van der Waals surface area contributed by atoms with E-state index in [1.54, 1.807) is 0 Å². The van der Waals surface area contributed by atoms with Crippen molar-refractivity contribution in [3.05, 3.63) is 52.4 Å². The van der Waals surface area contributed by atoms with Crippen molar-refractivity contribution < 1.29 is 9.53 Å². The quantitative estimate of drug-likeness (QED) is 0.564. The van der Waals surface area contributed by atoms with E-state index < -0.39 is 5.97 Å². The van der Waals surface area contributed by atoms with Crippen molar-refractivity contribution in [3.63, 3.8) is 0 Å². The number of rotatable bonds is 8. The summed E-state index contributed by atoms with van der Waals surface area (Å²) in [6, 6.07) is 10.4. The predicted octanol–water partition coefficient (Wildman–Crippen LogP) is 4.23. The van der Waals surface area contributed by atoms with Gasteiger partial charge in [0.2, 0.25) is 0 Å². The third-order valence-electron chi connectivity index (χ3n) is 4.22. The van der Waals surface area contributed by atoms with Gasteiger partial charge in [0.05, 0.1) is 7.11 Å². The van der Waals surface area contributed by atoms with Crippen LogP contribution in [-0.4, -0.2) is 29.6 Å². The minimum atomic E-state index is -0.526. The van der Waals surface area contributed by atoms with Crippen LogP contribution in [0.4, 0.5) is 5.82 Å². The van der Waals surface area contributed by atoms with E-state index in [-0.39, 0.29) is 10.7 Å². The summed E-state index contributed by atoms with van der Waals surface area (Å²) in [5.74, 6) is 1.01. The third kappa shape index (κ3) is 4.69. The Hall–Kier alpha value is -2.14. The number of hydrogen-bond acceptors (Lipinski definition) is 5. The number of methoxy groups -OCH3 is 1. The number of ether oxygens (including phenoxy) is 1. The summed E-state index contributed by atoms with van der Waals surface area (Å²) >= 11 is 6.30. The molecule has 0 saturated heterocycles. The Kier molecular flexibility index (Phi) is 5.87. The van der Waals surface area contributed by atoms with Gasteiger partial charge in [-0.2, -0.15) is 0 Å². The number of carbonyl (C=O) groups excluding carboxylic acids is 1. The number of anilines is 1. The van der Waals surface area contributed by atoms with Crippen LogP contribution in [0.5, 0.6) is 0 Å². The summed E-state index contributed by atoms with van der Waals surface area (Å²) in [6.45, 7) is 0.744. The van der Waals surface area contributed by atoms with Gasteiger partial charge in [-0.05, 0) is 37.7 Å². The number of unbranched alkanes of at least 4 members (excludes halogenated alkanes) is 1. The van der Waals surface area contributed by atoms with Gasteiger partial charge < -0.3 is 10.1 Å². The number of esters is 1. The molecule has 0 bridgehead atoms. The van der Waals surface area contributed by atoms with Crippen molar-refractivity contribution >= 4 is 23.4 Å². The Bertz CT molecular complexity index is 733. The van der Waals surface area contributed by atoms with E-state index in [2.05, 4.69) is 39.6 Å². The van der Waals surface area contributed by atoms with E-state index in [0.29, 0.717) is 17.6 Å². The summed E-state index contributed by atoms with van der Waals surface area (Å²) in [7, 11) is 1.33. The van der Waals surface area contributed by atoms with Crippen molar-refractivity contribution in [1.82, 2.24) is 9.97 Å². The highest BCUT2D eigenvalue weighted by Gasteiger charge is 2.30. The van der Waals surface area contributed by atoms with Gasteiger partial charge in [-0.3, -0.25) is 0 Å². The molecule has 0 unspecified atom stereocenters. The first kappa shape index (κ1) is 17.7. The van der Waals surface area contributed by atoms with Crippen LogP contribution in [-0.2, 0) is 11.2 Å². The monoisotopic (exact) mass is 359 g/mol. The fourth-order valence-corrected chi connectivity index (χ4v) is 2.87. The molecule has 1 aliphatic rings. The van der Waals surface area contributed by atoms with Gasteiger partial charge in [-0.1, -0.05) is 41.9 Å². The molecule has 3 rings (SSSR count). The van der Waals surface area contributed by atoms with E-state index in [1.807, 2.05) is 6.07 Å². The smallest absolute Gasteiger partial charge is 0.358 e. The molecule has 1 saturated carbocycles. The molecule has 0 aliphatic heterocycles. The van der Waals surface area contributed by atoms with Gasteiger partial charge in [0.15, 0.2) is 5.69 Å². The van der Waals surface area contributed by atoms with E-state index in [4.69, 9.17) is 16.3 Å². The molecule has 1 aromatic heterocycles. The summed E-state index contributed by atoms with van der Waals surface area (Å²) in [5.41, 5.74) is 1.49. The molecule has 2 aromatic rings. The van der Waals surface area contributed by atoms with Crippen LogP contribution in [0.3, 0.4) is 0 Å². The summed E-state index contributed by atoms with van der Waals surface area (Å²) in [6.07, 6.45) is 5.21. The van der Waals surface area contributed by atoms with Crippen molar-refractivity contribution in [2.24, 2.45) is 0 Å². The van der Waals surface area contributed by atoms with Crippen molar-refractivity contribution in [2.45, 2.75) is 38.0 Å². The van der Waals surface area contributed by atoms with Crippen LogP contribution >= 0.6 is 11.6 Å². The normalized spacial score (nSPS) is 13.5. The number of nitrogens with one attached hydrogen (secondary N) is 1. The Labute approximate surface area is 152 Å². The number of nitrogens with zero attached hydrogens (tertiary/aromatic N) is 2. The molecular weight excluding hydrogens is 338 g/mol. The van der Waals surface area contributed by atoms with Crippen LogP contribution in [0, 0.1) is 0 Å². The van der Waals surface area contributed by atoms with Gasteiger partial charge >= 0.3 is 5.97 Å². The number of carbonyl (C=O) groups is 1. The second-order valence-corrected chi connectivity index (χ2v) is 6.61. The Morgan fingerprint density at radius 3 is 2.68 bits per heavy atom. The number of halogens is 1. The maximum absolute atomic E-state index is 11.9. The number of benzene rings is 1. The van der Waals surface area contributed by atoms with E-state index in [9.17, 15) is 4.79 Å². The standard InChI is InChI=1S/C19H22ClN3O2/c1-25-19(24)16-15(20)18(23-17(22-16)14-10-11-14)21-12-6-5-9-13-7-3-2-4-8-13/h2-4,7-8,14H,5-6,9-12H2,1H3,(H,21,22,23). The van der Waals surface area contributed by atoms with Gasteiger partial charge in [0.25, 0.3) is 0 Å². The molecule has 25 heavy (non-hydrogen) atoms. The fourth-order valence-electron chi connectivity index (χ4n) is 2.64. The Balaban J connectivity index is 1.59. The van der Waals surface area contributed by atoms with Crippen molar-refractivity contribution in [1.29, 1.82) is 0 Å².